The molecule has 2 aromatic heterocycles. The fourth-order valence-corrected chi connectivity index (χ4v) is 3.48. The minimum atomic E-state index is -0.248. The van der Waals surface area contributed by atoms with Gasteiger partial charge in [-0.3, -0.25) is 13.9 Å². The van der Waals surface area contributed by atoms with Crippen molar-refractivity contribution in [3.05, 3.63) is 50.0 Å². The van der Waals surface area contributed by atoms with E-state index in [1.165, 1.54) is 20.9 Å². The number of aryl methyl sites for hydroxylation is 1. The molecule has 0 amide bonds. The molecular formula is C15H13ClN4O2S2. The van der Waals surface area contributed by atoms with Gasteiger partial charge in [0.05, 0.1) is 10.8 Å². The number of thioether (sulfide) groups is 1. The van der Waals surface area contributed by atoms with Crippen LogP contribution in [0.1, 0.15) is 10.4 Å². The number of halogens is 1. The number of fused-ring (bicyclic) bond motifs is 1. The number of hydrogen-bond acceptors (Lipinski definition) is 5. The van der Waals surface area contributed by atoms with Gasteiger partial charge >= 0.3 is 5.69 Å². The third kappa shape index (κ3) is 2.92. The maximum Gasteiger partial charge on any atom is 0.330 e. The van der Waals surface area contributed by atoms with Crippen molar-refractivity contribution in [1.82, 2.24) is 19.1 Å². The van der Waals surface area contributed by atoms with Gasteiger partial charge in [0, 0.05) is 19.7 Å². The summed E-state index contributed by atoms with van der Waals surface area (Å²) in [4.78, 5) is 31.7. The van der Waals surface area contributed by atoms with Crippen LogP contribution in [0.4, 0.5) is 0 Å². The first-order chi connectivity index (χ1) is 11.4. The third-order valence-electron chi connectivity index (χ3n) is 3.59. The van der Waals surface area contributed by atoms with Crippen LogP contribution in [0.25, 0.3) is 11.2 Å². The lowest BCUT2D eigenvalue weighted by Crippen LogP contribution is -2.27. The average Bonchev–Trinajstić information content (AvgIpc) is 3.01. The van der Waals surface area contributed by atoms with Gasteiger partial charge in [0.25, 0.3) is 0 Å². The lowest BCUT2D eigenvalue weighted by atomic mass is 10.1. The van der Waals surface area contributed by atoms with E-state index in [-0.39, 0.29) is 17.2 Å². The maximum absolute atomic E-state index is 12.3. The van der Waals surface area contributed by atoms with E-state index < -0.39 is 0 Å². The number of nitrogens with zero attached hydrogens (tertiary/aromatic N) is 3. The summed E-state index contributed by atoms with van der Waals surface area (Å²) >= 11 is 12.5. The molecule has 0 bridgehead atoms. The standard InChI is InChI=1S/C15H13ClN4O2S2/c1-19-12-11(13(23)20(2)15(19)22)17-14(18-12)24-7-10(21)8-5-3-4-6-9(8)16/h3-6H,7H2,1-2H3,(H,17,18). The Balaban J connectivity index is 1.89. The molecule has 1 aromatic carbocycles. The minimum absolute atomic E-state index is 0.0934. The molecule has 0 atom stereocenters. The summed E-state index contributed by atoms with van der Waals surface area (Å²) in [5, 5.41) is 0.952. The predicted molar refractivity (Wildman–Crippen MR) is 97.6 cm³/mol. The Hall–Kier alpha value is -1.90. The lowest BCUT2D eigenvalue weighted by molar-refractivity contribution is 0.102. The second-order valence-corrected chi connectivity index (χ2v) is 6.90. The van der Waals surface area contributed by atoms with Crippen molar-refractivity contribution in [2.45, 2.75) is 5.16 Å². The highest BCUT2D eigenvalue weighted by Crippen LogP contribution is 2.22. The Kier molecular flexibility index (Phi) is 4.62. The van der Waals surface area contributed by atoms with Gasteiger partial charge in [0.2, 0.25) is 0 Å². The van der Waals surface area contributed by atoms with Crippen LogP contribution in [0.15, 0.2) is 34.2 Å². The third-order valence-corrected chi connectivity index (χ3v) is 5.27. The summed E-state index contributed by atoms with van der Waals surface area (Å²) < 4.78 is 3.17. The topological polar surface area (TPSA) is 72.7 Å². The maximum atomic E-state index is 12.3. The van der Waals surface area contributed by atoms with E-state index in [0.717, 1.165) is 0 Å². The van der Waals surface area contributed by atoms with Crippen molar-refractivity contribution < 1.29 is 4.79 Å². The van der Waals surface area contributed by atoms with Crippen LogP contribution < -0.4 is 5.69 Å². The summed E-state index contributed by atoms with van der Waals surface area (Å²) in [5.41, 5.74) is 1.30. The molecule has 0 aliphatic carbocycles. The lowest BCUT2D eigenvalue weighted by Gasteiger charge is -2.02. The summed E-state index contributed by atoms with van der Waals surface area (Å²) in [6.07, 6.45) is 0. The number of rotatable bonds is 4. The molecule has 3 aromatic rings. The van der Waals surface area contributed by atoms with Gasteiger partial charge in [-0.2, -0.15) is 0 Å². The Morgan fingerprint density at radius 2 is 2.04 bits per heavy atom. The second kappa shape index (κ2) is 6.54. The molecule has 2 heterocycles. The largest absolute Gasteiger partial charge is 0.330 e. The molecule has 0 unspecified atom stereocenters. The Morgan fingerprint density at radius 3 is 2.75 bits per heavy atom. The second-order valence-electron chi connectivity index (χ2n) is 5.14. The van der Waals surface area contributed by atoms with Crippen LogP contribution in [0.5, 0.6) is 0 Å². The van der Waals surface area contributed by atoms with Crippen LogP contribution in [-0.4, -0.2) is 30.6 Å². The molecule has 6 nitrogen and oxygen atoms in total. The number of aromatic nitrogens is 4. The van der Waals surface area contributed by atoms with Gasteiger partial charge in [-0.05, 0) is 12.1 Å². The summed E-state index contributed by atoms with van der Waals surface area (Å²) in [5.74, 6) is 0.0835. The summed E-state index contributed by atoms with van der Waals surface area (Å²) in [6.45, 7) is 0. The van der Waals surface area contributed by atoms with Gasteiger partial charge in [0.1, 0.15) is 10.2 Å². The molecule has 124 valence electrons. The zero-order valence-corrected chi connectivity index (χ0v) is 15.3. The molecule has 0 aliphatic heterocycles. The van der Waals surface area contributed by atoms with E-state index in [1.54, 1.807) is 38.4 Å². The van der Waals surface area contributed by atoms with Crippen molar-refractivity contribution in [1.29, 1.82) is 0 Å². The molecule has 0 aliphatic rings. The van der Waals surface area contributed by atoms with Crippen molar-refractivity contribution in [3.63, 3.8) is 0 Å². The van der Waals surface area contributed by atoms with E-state index in [9.17, 15) is 9.59 Å². The number of Topliss-reactive ketones (excluding diaryl/α,β-unsaturated/α-hetero) is 1. The quantitative estimate of drug-likeness (QED) is 0.428. The number of carbonyl (C=O) groups excluding carboxylic acids is 1. The summed E-state index contributed by atoms with van der Waals surface area (Å²) in [6, 6.07) is 6.91. The Labute approximate surface area is 151 Å². The number of nitrogens with one attached hydrogen (secondary N) is 1. The molecule has 3 rings (SSSR count). The molecule has 24 heavy (non-hydrogen) atoms. The Morgan fingerprint density at radius 1 is 1.33 bits per heavy atom. The van der Waals surface area contributed by atoms with E-state index in [2.05, 4.69) is 9.97 Å². The fraction of sp³-hybridized carbons (Fsp3) is 0.200. The molecule has 9 heteroatoms. The van der Waals surface area contributed by atoms with Crippen LogP contribution in [-0.2, 0) is 14.1 Å². The number of imidazole rings is 1. The van der Waals surface area contributed by atoms with Crippen molar-refractivity contribution in [2.24, 2.45) is 14.1 Å². The molecule has 1 N–H and O–H groups in total. The van der Waals surface area contributed by atoms with Gasteiger partial charge < -0.3 is 4.98 Å². The van der Waals surface area contributed by atoms with Gasteiger partial charge in [-0.25, -0.2) is 9.78 Å². The highest BCUT2D eigenvalue weighted by molar-refractivity contribution is 7.99. The number of hydrogen-bond donors (Lipinski definition) is 1. The van der Waals surface area contributed by atoms with Crippen LogP contribution >= 0.6 is 35.6 Å². The smallest absolute Gasteiger partial charge is 0.329 e. The minimum Gasteiger partial charge on any atom is -0.329 e. The molecule has 0 saturated heterocycles. The number of aromatic amines is 1. The molecule has 0 spiro atoms. The number of carbonyl (C=O) groups is 1. The first-order valence-corrected chi connectivity index (χ1v) is 8.73. The van der Waals surface area contributed by atoms with Gasteiger partial charge in [-0.15, -0.1) is 0 Å². The molecular weight excluding hydrogens is 368 g/mol. The van der Waals surface area contributed by atoms with E-state index in [1.807, 2.05) is 0 Å². The first kappa shape index (κ1) is 16.9. The number of ketones is 1. The SMILES string of the molecule is Cn1c(=S)c2[nH]c(SCC(=O)c3ccccc3Cl)nc2n(C)c1=O. The van der Waals surface area contributed by atoms with Crippen LogP contribution in [0, 0.1) is 4.64 Å². The monoisotopic (exact) mass is 380 g/mol. The average molecular weight is 381 g/mol. The van der Waals surface area contributed by atoms with Crippen molar-refractivity contribution in [2.75, 3.05) is 5.75 Å². The van der Waals surface area contributed by atoms with Gasteiger partial charge in [0.15, 0.2) is 16.6 Å². The predicted octanol–water partition coefficient (Wildman–Crippen LogP) is 2.96. The van der Waals surface area contributed by atoms with Crippen molar-refractivity contribution in [3.8, 4) is 0 Å². The normalized spacial score (nSPS) is 11.1. The fourth-order valence-electron chi connectivity index (χ4n) is 2.27. The van der Waals surface area contributed by atoms with E-state index >= 15 is 0 Å². The molecule has 0 saturated carbocycles. The number of H-pyrrole nitrogens is 1. The molecule has 0 fully saturated rings. The Bertz CT molecular complexity index is 1070. The zero-order valence-electron chi connectivity index (χ0n) is 12.9. The van der Waals surface area contributed by atoms with Gasteiger partial charge in [-0.1, -0.05) is 47.7 Å². The number of benzene rings is 1. The van der Waals surface area contributed by atoms with Crippen LogP contribution in [0.2, 0.25) is 5.02 Å². The van der Waals surface area contributed by atoms with Crippen molar-refractivity contribution >= 4 is 52.5 Å². The van der Waals surface area contributed by atoms with Crippen LogP contribution in [0.3, 0.4) is 0 Å². The molecule has 0 radical (unpaired) electrons. The van der Waals surface area contributed by atoms with E-state index in [0.29, 0.717) is 31.5 Å². The highest BCUT2D eigenvalue weighted by atomic mass is 35.5. The van der Waals surface area contributed by atoms with E-state index in [4.69, 9.17) is 23.8 Å². The zero-order chi connectivity index (χ0) is 17.4. The summed E-state index contributed by atoms with van der Waals surface area (Å²) in [7, 11) is 3.24. The highest BCUT2D eigenvalue weighted by Gasteiger charge is 2.14. The first-order valence-electron chi connectivity index (χ1n) is 6.96.